The van der Waals surface area contributed by atoms with E-state index < -0.39 is 35.7 Å². The Labute approximate surface area is 153 Å². The third-order valence-electron chi connectivity index (χ3n) is 4.60. The van der Waals surface area contributed by atoms with E-state index in [1.165, 1.54) is 14.2 Å². The number of hydrogen-bond acceptors (Lipinski definition) is 8. The first-order valence-corrected chi connectivity index (χ1v) is 8.40. The number of carbonyl (C=O) groups is 2. The maximum atomic E-state index is 12.5. The fourth-order valence-corrected chi connectivity index (χ4v) is 2.64. The van der Waals surface area contributed by atoms with Gasteiger partial charge in [-0.1, -0.05) is 24.3 Å². The Morgan fingerprint density at radius 3 is 2.00 bits per heavy atom. The second-order valence-electron chi connectivity index (χ2n) is 6.31. The van der Waals surface area contributed by atoms with Crippen molar-refractivity contribution in [3.8, 4) is 0 Å². The Morgan fingerprint density at radius 1 is 1.00 bits per heavy atom. The highest BCUT2D eigenvalue weighted by Gasteiger charge is 2.60. The van der Waals surface area contributed by atoms with Crippen molar-refractivity contribution < 1.29 is 38.0 Å². The molecule has 2 aliphatic heterocycles. The molecule has 4 atom stereocenters. The number of esters is 2. The van der Waals surface area contributed by atoms with Crippen molar-refractivity contribution in [1.29, 1.82) is 0 Å². The first kappa shape index (κ1) is 20.6. The SMILES string of the molecule is C=C1/C=C\CCOC(=O)[C@@H]2O[C@@](C)(OC)[C@](C)(OC)O[C@H]2C(=O)OCC1. The minimum atomic E-state index is -1.44. The summed E-state index contributed by atoms with van der Waals surface area (Å²) in [5.74, 6) is -4.37. The molecule has 2 rings (SSSR count). The van der Waals surface area contributed by atoms with Crippen LogP contribution >= 0.6 is 0 Å². The molecular formula is C18H26O8. The molecule has 26 heavy (non-hydrogen) atoms. The van der Waals surface area contributed by atoms with E-state index in [1.807, 2.05) is 12.2 Å². The summed E-state index contributed by atoms with van der Waals surface area (Å²) in [5.41, 5.74) is 0.800. The van der Waals surface area contributed by atoms with Crippen molar-refractivity contribution >= 4 is 11.9 Å². The second-order valence-corrected chi connectivity index (χ2v) is 6.31. The van der Waals surface area contributed by atoms with E-state index in [0.29, 0.717) is 12.8 Å². The lowest BCUT2D eigenvalue weighted by atomic mass is 10.0. The minimum Gasteiger partial charge on any atom is -0.463 e. The molecule has 0 bridgehead atoms. The van der Waals surface area contributed by atoms with Crippen LogP contribution in [0.4, 0.5) is 0 Å². The zero-order valence-electron chi connectivity index (χ0n) is 15.6. The summed E-state index contributed by atoms with van der Waals surface area (Å²) in [5, 5.41) is 0. The predicted molar refractivity (Wildman–Crippen MR) is 90.0 cm³/mol. The molecular weight excluding hydrogens is 344 g/mol. The summed E-state index contributed by atoms with van der Waals surface area (Å²) < 4.78 is 32.8. The lowest BCUT2D eigenvalue weighted by Gasteiger charge is -2.50. The molecule has 0 amide bonds. The van der Waals surface area contributed by atoms with Gasteiger partial charge in [0.15, 0.2) is 12.2 Å². The number of methoxy groups -OCH3 is 2. The topological polar surface area (TPSA) is 89.5 Å². The molecule has 0 aromatic carbocycles. The van der Waals surface area contributed by atoms with Gasteiger partial charge in [0.05, 0.1) is 13.2 Å². The van der Waals surface area contributed by atoms with Crippen molar-refractivity contribution in [1.82, 2.24) is 0 Å². The maximum absolute atomic E-state index is 12.5. The predicted octanol–water partition coefficient (Wildman–Crippen LogP) is 1.49. The number of cyclic esters (lactones) is 2. The van der Waals surface area contributed by atoms with Gasteiger partial charge in [0.25, 0.3) is 0 Å². The van der Waals surface area contributed by atoms with Gasteiger partial charge in [-0.05, 0) is 20.3 Å². The Balaban J connectivity index is 2.30. The number of fused-ring (bicyclic) bond motifs is 1. The van der Waals surface area contributed by atoms with Gasteiger partial charge in [0, 0.05) is 20.6 Å². The third kappa shape index (κ3) is 4.15. The van der Waals surface area contributed by atoms with E-state index in [2.05, 4.69) is 6.58 Å². The van der Waals surface area contributed by atoms with Crippen LogP contribution in [-0.2, 0) is 38.0 Å². The molecule has 0 aliphatic carbocycles. The molecule has 8 heteroatoms. The van der Waals surface area contributed by atoms with Crippen molar-refractivity contribution in [2.45, 2.75) is 50.5 Å². The fraction of sp³-hybridized carbons (Fsp3) is 0.667. The van der Waals surface area contributed by atoms with Gasteiger partial charge in [0.1, 0.15) is 0 Å². The van der Waals surface area contributed by atoms with Gasteiger partial charge >= 0.3 is 11.9 Å². The number of ether oxygens (including phenoxy) is 6. The molecule has 2 heterocycles. The number of hydrogen-bond donors (Lipinski definition) is 0. The minimum absolute atomic E-state index is 0.106. The molecule has 2 aliphatic rings. The summed E-state index contributed by atoms with van der Waals surface area (Å²) in [6, 6.07) is 0. The van der Waals surface area contributed by atoms with Crippen LogP contribution in [0.3, 0.4) is 0 Å². The Kier molecular flexibility index (Phi) is 6.57. The summed E-state index contributed by atoms with van der Waals surface area (Å²) >= 11 is 0. The van der Waals surface area contributed by atoms with Crippen LogP contribution in [0.1, 0.15) is 26.7 Å². The summed E-state index contributed by atoms with van der Waals surface area (Å²) in [6.07, 6.45) is 1.93. The van der Waals surface area contributed by atoms with Crippen LogP contribution in [0.25, 0.3) is 0 Å². The summed E-state index contributed by atoms with van der Waals surface area (Å²) in [4.78, 5) is 25.0. The largest absolute Gasteiger partial charge is 0.463 e. The number of rotatable bonds is 2. The highest BCUT2D eigenvalue weighted by molar-refractivity contribution is 5.86. The molecule has 0 N–H and O–H groups in total. The van der Waals surface area contributed by atoms with Gasteiger partial charge in [0.2, 0.25) is 11.6 Å². The second kappa shape index (κ2) is 8.30. The average Bonchev–Trinajstić information content (AvgIpc) is 2.63. The van der Waals surface area contributed by atoms with E-state index in [0.717, 1.165) is 5.57 Å². The van der Waals surface area contributed by atoms with Crippen LogP contribution in [-0.4, -0.2) is 63.2 Å². The molecule has 8 nitrogen and oxygen atoms in total. The monoisotopic (exact) mass is 370 g/mol. The van der Waals surface area contributed by atoms with Gasteiger partial charge in [-0.2, -0.15) is 0 Å². The molecule has 0 radical (unpaired) electrons. The average molecular weight is 370 g/mol. The number of carbonyl (C=O) groups excluding carboxylic acids is 2. The molecule has 1 saturated heterocycles. The van der Waals surface area contributed by atoms with Crippen molar-refractivity contribution in [3.05, 3.63) is 24.3 Å². The van der Waals surface area contributed by atoms with Crippen LogP contribution in [0, 0.1) is 0 Å². The molecule has 0 saturated carbocycles. The summed E-state index contributed by atoms with van der Waals surface area (Å²) in [7, 11) is 2.78. The van der Waals surface area contributed by atoms with Crippen LogP contribution < -0.4 is 0 Å². The quantitative estimate of drug-likeness (QED) is 0.676. The van der Waals surface area contributed by atoms with Crippen LogP contribution in [0.5, 0.6) is 0 Å². The van der Waals surface area contributed by atoms with Crippen LogP contribution in [0.15, 0.2) is 24.3 Å². The first-order valence-electron chi connectivity index (χ1n) is 8.40. The molecule has 0 spiro atoms. The van der Waals surface area contributed by atoms with E-state index in [9.17, 15) is 9.59 Å². The molecule has 0 aromatic rings. The maximum Gasteiger partial charge on any atom is 0.338 e. The first-order chi connectivity index (χ1) is 12.3. The van der Waals surface area contributed by atoms with Gasteiger partial charge in [-0.3, -0.25) is 0 Å². The number of allylic oxidation sites excluding steroid dienone is 1. The van der Waals surface area contributed by atoms with E-state index in [-0.39, 0.29) is 13.2 Å². The Morgan fingerprint density at radius 2 is 1.50 bits per heavy atom. The zero-order chi connectivity index (χ0) is 19.4. The third-order valence-corrected chi connectivity index (χ3v) is 4.60. The van der Waals surface area contributed by atoms with E-state index >= 15 is 0 Å². The molecule has 0 aromatic heterocycles. The van der Waals surface area contributed by atoms with Gasteiger partial charge < -0.3 is 28.4 Å². The Bertz CT molecular complexity index is 586. The zero-order valence-corrected chi connectivity index (χ0v) is 15.6. The molecule has 0 unspecified atom stereocenters. The van der Waals surface area contributed by atoms with Gasteiger partial charge in [-0.25, -0.2) is 9.59 Å². The van der Waals surface area contributed by atoms with Crippen molar-refractivity contribution in [2.24, 2.45) is 0 Å². The van der Waals surface area contributed by atoms with Crippen LogP contribution in [0.2, 0.25) is 0 Å². The van der Waals surface area contributed by atoms with Gasteiger partial charge in [-0.15, -0.1) is 0 Å². The van der Waals surface area contributed by atoms with E-state index in [4.69, 9.17) is 28.4 Å². The van der Waals surface area contributed by atoms with Crippen molar-refractivity contribution in [3.63, 3.8) is 0 Å². The lowest BCUT2D eigenvalue weighted by Crippen LogP contribution is -2.68. The Hall–Kier alpha value is -1.74. The standard InChI is InChI=1S/C18H26O8/c1-12-8-6-7-10-23-15(19)13-14(16(20)24-11-9-12)26-18(3,22-5)17(2,21-4)25-13/h6,8,13-14H,1,7,9-11H2,2-5H3/b8-6-/t13-,14-,17-,18-/m1/s1. The fourth-order valence-electron chi connectivity index (χ4n) is 2.64. The van der Waals surface area contributed by atoms with E-state index in [1.54, 1.807) is 13.8 Å². The van der Waals surface area contributed by atoms with Crippen molar-refractivity contribution in [2.75, 3.05) is 27.4 Å². The highest BCUT2D eigenvalue weighted by Crippen LogP contribution is 2.39. The lowest BCUT2D eigenvalue weighted by molar-refractivity contribution is -0.439. The normalized spacial score (nSPS) is 38.1. The highest BCUT2D eigenvalue weighted by atomic mass is 16.8. The molecule has 146 valence electrons. The molecule has 1 fully saturated rings. The smallest absolute Gasteiger partial charge is 0.338 e. The summed E-state index contributed by atoms with van der Waals surface area (Å²) in [6.45, 7) is 7.22.